The van der Waals surface area contributed by atoms with Crippen LogP contribution in [0.1, 0.15) is 29.2 Å². The molecular formula is C14H15ClN2O3S2. The number of nitrogens with one attached hydrogen (secondary N) is 1. The summed E-state index contributed by atoms with van der Waals surface area (Å²) in [5.41, 5.74) is -0.489. The highest BCUT2D eigenvalue weighted by Gasteiger charge is 2.32. The Balaban J connectivity index is 2.24. The zero-order valence-electron chi connectivity index (χ0n) is 12.5. The molecule has 0 aliphatic rings. The van der Waals surface area contributed by atoms with Gasteiger partial charge in [-0.3, -0.25) is 4.79 Å². The fourth-order valence-corrected chi connectivity index (χ4v) is 3.85. The molecule has 2 aromatic rings. The van der Waals surface area contributed by atoms with Gasteiger partial charge in [-0.25, -0.2) is 9.78 Å². The monoisotopic (exact) mass is 358 g/mol. The van der Waals surface area contributed by atoms with Crippen LogP contribution in [0.2, 0.25) is 4.34 Å². The number of methoxy groups -OCH3 is 1. The Labute approximate surface area is 141 Å². The number of aryl methyl sites for hydroxylation is 1. The molecule has 1 N–H and O–H groups in total. The van der Waals surface area contributed by atoms with Crippen molar-refractivity contribution in [2.45, 2.75) is 26.3 Å². The first-order valence-electron chi connectivity index (χ1n) is 6.38. The summed E-state index contributed by atoms with van der Waals surface area (Å²) < 4.78 is 5.35. The van der Waals surface area contributed by atoms with E-state index in [1.807, 2.05) is 6.07 Å². The van der Waals surface area contributed by atoms with Crippen molar-refractivity contribution < 1.29 is 14.3 Å². The third-order valence-corrected chi connectivity index (χ3v) is 5.47. The molecule has 0 aliphatic carbocycles. The summed E-state index contributed by atoms with van der Waals surface area (Å²) in [6.45, 7) is 4.94. The van der Waals surface area contributed by atoms with Crippen molar-refractivity contribution in [1.82, 2.24) is 10.3 Å². The molecule has 22 heavy (non-hydrogen) atoms. The first-order valence-corrected chi connectivity index (χ1v) is 8.39. The standard InChI is InChI=1S/C14H15ClN2O3S2/c1-7-10(11(18)17-14(2,3)13(19)20-4)22-12(16-7)8-5-6-9(15)21-8/h5-6H,1-4H3,(H,17,18). The highest BCUT2D eigenvalue weighted by molar-refractivity contribution is 7.24. The molecule has 0 bridgehead atoms. The number of hydrogen-bond donors (Lipinski definition) is 1. The number of carbonyl (C=O) groups is 2. The van der Waals surface area contributed by atoms with Gasteiger partial charge in [-0.2, -0.15) is 0 Å². The van der Waals surface area contributed by atoms with E-state index in [1.54, 1.807) is 26.8 Å². The Morgan fingerprint density at radius 3 is 2.55 bits per heavy atom. The van der Waals surface area contributed by atoms with Crippen LogP contribution in [0.25, 0.3) is 9.88 Å². The molecule has 0 unspecified atom stereocenters. The highest BCUT2D eigenvalue weighted by atomic mass is 35.5. The van der Waals surface area contributed by atoms with Crippen LogP contribution in [0.5, 0.6) is 0 Å². The van der Waals surface area contributed by atoms with E-state index in [0.717, 1.165) is 9.88 Å². The summed E-state index contributed by atoms with van der Waals surface area (Å²) in [4.78, 5) is 29.8. The molecule has 5 nitrogen and oxygen atoms in total. The normalized spacial score (nSPS) is 11.3. The molecule has 2 aromatic heterocycles. The third-order valence-electron chi connectivity index (χ3n) is 2.91. The van der Waals surface area contributed by atoms with E-state index >= 15 is 0 Å². The van der Waals surface area contributed by atoms with Gasteiger partial charge >= 0.3 is 5.97 Å². The predicted octanol–water partition coefficient (Wildman–Crippen LogP) is 3.51. The number of hydrogen-bond acceptors (Lipinski definition) is 6. The van der Waals surface area contributed by atoms with Gasteiger partial charge in [-0.1, -0.05) is 11.6 Å². The lowest BCUT2D eigenvalue weighted by molar-refractivity contribution is -0.146. The zero-order chi connectivity index (χ0) is 16.5. The molecular weight excluding hydrogens is 344 g/mol. The van der Waals surface area contributed by atoms with Gasteiger partial charge in [0.2, 0.25) is 0 Å². The first kappa shape index (κ1) is 16.9. The molecule has 0 radical (unpaired) electrons. The maximum Gasteiger partial charge on any atom is 0.330 e. The van der Waals surface area contributed by atoms with E-state index in [1.165, 1.54) is 29.8 Å². The minimum Gasteiger partial charge on any atom is -0.467 e. The number of carbonyl (C=O) groups excluding carboxylic acids is 2. The molecule has 2 rings (SSSR count). The smallest absolute Gasteiger partial charge is 0.330 e. The Morgan fingerprint density at radius 2 is 2.00 bits per heavy atom. The van der Waals surface area contributed by atoms with Crippen molar-refractivity contribution in [2.75, 3.05) is 7.11 Å². The molecule has 1 amide bonds. The van der Waals surface area contributed by atoms with Crippen LogP contribution < -0.4 is 5.32 Å². The van der Waals surface area contributed by atoms with E-state index in [0.29, 0.717) is 14.9 Å². The fourth-order valence-electron chi connectivity index (χ4n) is 1.79. The van der Waals surface area contributed by atoms with Crippen molar-refractivity contribution >= 4 is 46.2 Å². The Hall–Kier alpha value is -1.44. The quantitative estimate of drug-likeness (QED) is 0.849. The average Bonchev–Trinajstić information content (AvgIpc) is 3.03. The topological polar surface area (TPSA) is 68.3 Å². The van der Waals surface area contributed by atoms with Gasteiger partial charge in [0.15, 0.2) is 0 Å². The Bertz CT molecular complexity index is 721. The lowest BCUT2D eigenvalue weighted by Gasteiger charge is -2.22. The zero-order valence-corrected chi connectivity index (χ0v) is 14.9. The summed E-state index contributed by atoms with van der Waals surface area (Å²) in [5, 5.41) is 3.40. The molecule has 0 saturated heterocycles. The summed E-state index contributed by atoms with van der Waals surface area (Å²) in [6.07, 6.45) is 0. The van der Waals surface area contributed by atoms with Crippen molar-refractivity contribution in [3.63, 3.8) is 0 Å². The van der Waals surface area contributed by atoms with E-state index in [-0.39, 0.29) is 5.91 Å². The van der Waals surface area contributed by atoms with Crippen molar-refractivity contribution in [3.8, 4) is 9.88 Å². The molecule has 2 heterocycles. The molecule has 0 atom stereocenters. The van der Waals surface area contributed by atoms with Crippen molar-refractivity contribution in [3.05, 3.63) is 27.0 Å². The van der Waals surface area contributed by atoms with Crippen LogP contribution in [0.3, 0.4) is 0 Å². The minimum atomic E-state index is -1.10. The number of rotatable bonds is 4. The summed E-state index contributed by atoms with van der Waals surface area (Å²) in [5.74, 6) is -0.854. The molecule has 0 aromatic carbocycles. The van der Waals surface area contributed by atoms with Gasteiger partial charge in [-0.15, -0.1) is 22.7 Å². The van der Waals surface area contributed by atoms with Gasteiger partial charge in [0.05, 0.1) is 22.0 Å². The second-order valence-corrected chi connectivity index (χ2v) is 7.82. The maximum atomic E-state index is 12.4. The lowest BCUT2D eigenvalue weighted by atomic mass is 10.1. The summed E-state index contributed by atoms with van der Waals surface area (Å²) in [6, 6.07) is 3.66. The number of thiazole rings is 1. The Morgan fingerprint density at radius 1 is 1.32 bits per heavy atom. The number of esters is 1. The number of amides is 1. The predicted molar refractivity (Wildman–Crippen MR) is 88.7 cm³/mol. The van der Waals surface area contributed by atoms with E-state index in [9.17, 15) is 9.59 Å². The van der Waals surface area contributed by atoms with Crippen LogP contribution in [0.4, 0.5) is 0 Å². The third kappa shape index (κ3) is 3.48. The molecule has 0 fully saturated rings. The molecule has 8 heteroatoms. The summed E-state index contributed by atoms with van der Waals surface area (Å²) >= 11 is 8.60. The minimum absolute atomic E-state index is 0.348. The lowest BCUT2D eigenvalue weighted by Crippen LogP contribution is -2.50. The number of halogens is 1. The van der Waals surface area contributed by atoms with Gasteiger partial charge in [0.1, 0.15) is 15.4 Å². The van der Waals surface area contributed by atoms with Crippen LogP contribution in [0.15, 0.2) is 12.1 Å². The Kier molecular flexibility index (Phi) is 4.89. The second kappa shape index (κ2) is 6.36. The largest absolute Gasteiger partial charge is 0.467 e. The van der Waals surface area contributed by atoms with Crippen LogP contribution in [-0.2, 0) is 9.53 Å². The van der Waals surface area contributed by atoms with Crippen LogP contribution in [0, 0.1) is 6.92 Å². The number of ether oxygens (including phenoxy) is 1. The maximum absolute atomic E-state index is 12.4. The molecule has 0 saturated carbocycles. The highest BCUT2D eigenvalue weighted by Crippen LogP contribution is 2.35. The fraction of sp³-hybridized carbons (Fsp3) is 0.357. The first-order chi connectivity index (χ1) is 10.2. The van der Waals surface area contributed by atoms with Crippen molar-refractivity contribution in [2.24, 2.45) is 0 Å². The van der Waals surface area contributed by atoms with Gasteiger partial charge in [-0.05, 0) is 32.9 Å². The van der Waals surface area contributed by atoms with Crippen molar-refractivity contribution in [1.29, 1.82) is 0 Å². The van der Waals surface area contributed by atoms with E-state index in [2.05, 4.69) is 15.0 Å². The summed E-state index contributed by atoms with van der Waals surface area (Å²) in [7, 11) is 1.28. The van der Waals surface area contributed by atoms with Gasteiger partial charge in [0.25, 0.3) is 5.91 Å². The van der Waals surface area contributed by atoms with E-state index in [4.69, 9.17) is 11.6 Å². The van der Waals surface area contributed by atoms with Gasteiger partial charge in [0, 0.05) is 0 Å². The van der Waals surface area contributed by atoms with E-state index < -0.39 is 11.5 Å². The number of thiophene rings is 1. The SMILES string of the molecule is COC(=O)C(C)(C)NC(=O)c1sc(-c2ccc(Cl)s2)nc1C. The van der Waals surface area contributed by atoms with Crippen LogP contribution in [-0.4, -0.2) is 29.5 Å². The molecule has 0 aliphatic heterocycles. The molecule has 0 spiro atoms. The van der Waals surface area contributed by atoms with Crippen LogP contribution >= 0.6 is 34.3 Å². The molecule has 118 valence electrons. The number of nitrogens with zero attached hydrogens (tertiary/aromatic N) is 1. The average molecular weight is 359 g/mol. The second-order valence-electron chi connectivity index (χ2n) is 5.11. The van der Waals surface area contributed by atoms with Gasteiger partial charge < -0.3 is 10.1 Å². The number of aromatic nitrogens is 1.